The van der Waals surface area contributed by atoms with Gasteiger partial charge in [-0.15, -0.1) is 11.8 Å². The normalized spacial score (nSPS) is 9.85. The van der Waals surface area contributed by atoms with Crippen molar-refractivity contribution in [1.82, 2.24) is 16.0 Å². The van der Waals surface area contributed by atoms with Gasteiger partial charge in [0.25, 0.3) is 0 Å². The van der Waals surface area contributed by atoms with Gasteiger partial charge in [-0.3, -0.25) is 4.79 Å². The highest BCUT2D eigenvalue weighted by Gasteiger charge is 2.03. The van der Waals surface area contributed by atoms with Crippen molar-refractivity contribution in [3.05, 3.63) is 30.3 Å². The minimum absolute atomic E-state index is 0.0116. The molecule has 0 atom stereocenters. The molecule has 3 N–H and O–H groups in total. The first-order valence-electron chi connectivity index (χ1n) is 6.68. The number of amides is 3. The Morgan fingerprint density at radius 2 is 1.80 bits per heavy atom. The predicted octanol–water partition coefficient (Wildman–Crippen LogP) is 1.60. The topological polar surface area (TPSA) is 70.2 Å². The summed E-state index contributed by atoms with van der Waals surface area (Å²) in [6, 6.07) is 9.69. The van der Waals surface area contributed by atoms with Gasteiger partial charge in [-0.1, -0.05) is 25.1 Å². The average Bonchev–Trinajstić information content (AvgIpc) is 2.48. The van der Waals surface area contributed by atoms with Crippen LogP contribution >= 0.6 is 11.8 Å². The Morgan fingerprint density at radius 1 is 1.05 bits per heavy atom. The number of thioether (sulfide) groups is 1. The fourth-order valence-corrected chi connectivity index (χ4v) is 2.19. The summed E-state index contributed by atoms with van der Waals surface area (Å²) in [6.45, 7) is 3.18. The monoisotopic (exact) mass is 295 g/mol. The van der Waals surface area contributed by atoms with Gasteiger partial charge in [-0.25, -0.2) is 4.79 Å². The second-order valence-corrected chi connectivity index (χ2v) is 5.29. The van der Waals surface area contributed by atoms with E-state index in [9.17, 15) is 9.59 Å². The maximum Gasteiger partial charge on any atom is 0.315 e. The molecule has 0 radical (unpaired) electrons. The smallest absolute Gasteiger partial charge is 0.315 e. The van der Waals surface area contributed by atoms with E-state index in [4.69, 9.17) is 0 Å². The largest absolute Gasteiger partial charge is 0.355 e. The molecule has 1 aromatic carbocycles. The summed E-state index contributed by atoms with van der Waals surface area (Å²) in [6.07, 6.45) is 0.884. The van der Waals surface area contributed by atoms with Crippen LogP contribution in [0.2, 0.25) is 0 Å². The summed E-state index contributed by atoms with van der Waals surface area (Å²) >= 11 is 1.68. The number of carbonyl (C=O) groups is 2. The van der Waals surface area contributed by atoms with Gasteiger partial charge in [0.05, 0.1) is 6.54 Å². The average molecular weight is 295 g/mol. The van der Waals surface area contributed by atoms with Crippen LogP contribution in [0.1, 0.15) is 13.3 Å². The van der Waals surface area contributed by atoms with Crippen LogP contribution in [0.25, 0.3) is 0 Å². The number of nitrogens with one attached hydrogen (secondary N) is 3. The van der Waals surface area contributed by atoms with E-state index in [0.29, 0.717) is 13.1 Å². The summed E-state index contributed by atoms with van der Waals surface area (Å²) in [5, 5.41) is 7.92. The van der Waals surface area contributed by atoms with Crippen molar-refractivity contribution in [3.63, 3.8) is 0 Å². The Bertz CT molecular complexity index is 412. The molecule has 20 heavy (non-hydrogen) atoms. The van der Waals surface area contributed by atoms with Crippen molar-refractivity contribution < 1.29 is 9.59 Å². The van der Waals surface area contributed by atoms with Crippen molar-refractivity contribution in [2.45, 2.75) is 18.2 Å². The maximum absolute atomic E-state index is 11.4. The van der Waals surface area contributed by atoms with Gasteiger partial charge >= 0.3 is 6.03 Å². The van der Waals surface area contributed by atoms with E-state index in [2.05, 4.69) is 16.0 Å². The van der Waals surface area contributed by atoms with E-state index in [-0.39, 0.29) is 18.5 Å². The molecule has 0 bridgehead atoms. The second-order valence-electron chi connectivity index (χ2n) is 4.12. The lowest BCUT2D eigenvalue weighted by molar-refractivity contribution is -0.120. The zero-order valence-corrected chi connectivity index (χ0v) is 12.5. The molecule has 1 aromatic rings. The van der Waals surface area contributed by atoms with Crippen LogP contribution in [-0.4, -0.2) is 37.3 Å². The number of hydrogen-bond acceptors (Lipinski definition) is 3. The van der Waals surface area contributed by atoms with Gasteiger partial charge < -0.3 is 16.0 Å². The Kier molecular flexibility index (Phi) is 8.30. The molecule has 0 aliphatic heterocycles. The summed E-state index contributed by atoms with van der Waals surface area (Å²) in [5.74, 6) is 0.625. The second kappa shape index (κ2) is 10.1. The van der Waals surface area contributed by atoms with Crippen LogP contribution in [0, 0.1) is 0 Å². The summed E-state index contributed by atoms with van der Waals surface area (Å²) in [7, 11) is 0. The van der Waals surface area contributed by atoms with Crippen molar-refractivity contribution in [2.24, 2.45) is 0 Å². The minimum Gasteiger partial charge on any atom is -0.355 e. The third kappa shape index (κ3) is 7.68. The van der Waals surface area contributed by atoms with Crippen LogP contribution < -0.4 is 16.0 Å². The van der Waals surface area contributed by atoms with Gasteiger partial charge in [-0.2, -0.15) is 0 Å². The molecule has 0 unspecified atom stereocenters. The van der Waals surface area contributed by atoms with Crippen molar-refractivity contribution in [2.75, 3.05) is 25.4 Å². The first-order valence-corrected chi connectivity index (χ1v) is 7.67. The highest BCUT2D eigenvalue weighted by atomic mass is 32.2. The Labute approximate surface area is 123 Å². The molecule has 0 aliphatic rings. The zero-order chi connectivity index (χ0) is 14.6. The first-order chi connectivity index (χ1) is 9.72. The Morgan fingerprint density at radius 3 is 2.50 bits per heavy atom. The van der Waals surface area contributed by atoms with Crippen molar-refractivity contribution in [1.29, 1.82) is 0 Å². The fourth-order valence-electron chi connectivity index (χ4n) is 1.40. The van der Waals surface area contributed by atoms with E-state index in [1.165, 1.54) is 4.90 Å². The molecule has 5 nitrogen and oxygen atoms in total. The number of rotatable bonds is 8. The fraction of sp³-hybridized carbons (Fsp3) is 0.429. The van der Waals surface area contributed by atoms with Crippen LogP contribution in [0.5, 0.6) is 0 Å². The molecule has 0 spiro atoms. The maximum atomic E-state index is 11.4. The molecule has 1 rings (SSSR count). The highest BCUT2D eigenvalue weighted by Crippen LogP contribution is 2.15. The van der Waals surface area contributed by atoms with E-state index < -0.39 is 0 Å². The van der Waals surface area contributed by atoms with Crippen LogP contribution in [-0.2, 0) is 4.79 Å². The summed E-state index contributed by atoms with van der Waals surface area (Å²) in [5.41, 5.74) is 0. The molecule has 0 aliphatic carbocycles. The van der Waals surface area contributed by atoms with E-state index in [0.717, 1.165) is 12.2 Å². The number of urea groups is 1. The van der Waals surface area contributed by atoms with Crippen LogP contribution in [0.4, 0.5) is 4.79 Å². The third-order valence-corrected chi connectivity index (χ3v) is 3.39. The van der Waals surface area contributed by atoms with Crippen molar-refractivity contribution >= 4 is 23.7 Å². The van der Waals surface area contributed by atoms with Crippen LogP contribution in [0.15, 0.2) is 35.2 Å². The van der Waals surface area contributed by atoms with E-state index in [1.807, 2.05) is 37.3 Å². The molecule has 3 amide bonds. The van der Waals surface area contributed by atoms with Gasteiger partial charge in [0.2, 0.25) is 5.91 Å². The molecule has 6 heteroatoms. The number of benzene rings is 1. The quantitative estimate of drug-likeness (QED) is 0.504. The molecule has 0 saturated heterocycles. The Balaban J connectivity index is 2.04. The summed E-state index contributed by atoms with van der Waals surface area (Å²) in [4.78, 5) is 23.9. The predicted molar refractivity (Wildman–Crippen MR) is 81.9 cm³/mol. The van der Waals surface area contributed by atoms with Gasteiger partial charge in [0.15, 0.2) is 0 Å². The lowest BCUT2D eigenvalue weighted by Crippen LogP contribution is -2.42. The van der Waals surface area contributed by atoms with Crippen molar-refractivity contribution in [3.8, 4) is 0 Å². The molecule has 110 valence electrons. The van der Waals surface area contributed by atoms with Gasteiger partial charge in [-0.05, 0) is 18.6 Å². The zero-order valence-electron chi connectivity index (χ0n) is 11.6. The molecule has 0 aromatic heterocycles. The molecular weight excluding hydrogens is 274 g/mol. The lowest BCUT2D eigenvalue weighted by Gasteiger charge is -2.07. The number of carbonyl (C=O) groups excluding carboxylic acids is 2. The van der Waals surface area contributed by atoms with Gasteiger partial charge in [0, 0.05) is 23.7 Å². The lowest BCUT2D eigenvalue weighted by atomic mass is 10.4. The molecular formula is C14H21N3O2S. The van der Waals surface area contributed by atoms with E-state index in [1.54, 1.807) is 11.8 Å². The van der Waals surface area contributed by atoms with E-state index >= 15 is 0 Å². The summed E-state index contributed by atoms with van der Waals surface area (Å²) < 4.78 is 0. The van der Waals surface area contributed by atoms with Crippen LogP contribution in [0.3, 0.4) is 0 Å². The SMILES string of the molecule is CCCNC(=O)CNC(=O)NCCSc1ccccc1. The number of hydrogen-bond donors (Lipinski definition) is 3. The van der Waals surface area contributed by atoms with Gasteiger partial charge in [0.1, 0.15) is 0 Å². The highest BCUT2D eigenvalue weighted by molar-refractivity contribution is 7.99. The first kappa shape index (κ1) is 16.4. The molecule has 0 saturated carbocycles. The molecule has 0 heterocycles. The Hall–Kier alpha value is -1.69. The molecule has 0 fully saturated rings. The standard InChI is InChI=1S/C14H21N3O2S/c1-2-8-15-13(18)11-17-14(19)16-9-10-20-12-6-4-3-5-7-12/h3-7H,2,8-11H2,1H3,(H,15,18)(H2,16,17,19). The minimum atomic E-state index is -0.315. The third-order valence-electron chi connectivity index (χ3n) is 2.38.